The summed E-state index contributed by atoms with van der Waals surface area (Å²) in [7, 11) is 0. The molecule has 0 rings (SSSR count). The fraction of sp³-hybridized carbons (Fsp3) is 0.857. The minimum absolute atomic E-state index is 0.0357. The second-order valence-corrected chi connectivity index (χ2v) is 4.78. The van der Waals surface area contributed by atoms with E-state index >= 15 is 0 Å². The van der Waals surface area contributed by atoms with Gasteiger partial charge in [0.1, 0.15) is 0 Å². The molecule has 0 radical (unpaired) electrons. The summed E-state index contributed by atoms with van der Waals surface area (Å²) < 4.78 is 15.4. The lowest BCUT2D eigenvalue weighted by Gasteiger charge is -2.25. The highest BCUT2D eigenvalue weighted by molar-refractivity contribution is 6.10. The molecule has 0 aliphatic carbocycles. The summed E-state index contributed by atoms with van der Waals surface area (Å²) in [6.45, 7) is 0.814. The summed E-state index contributed by atoms with van der Waals surface area (Å²) in [6.07, 6.45) is -0.232. The van der Waals surface area contributed by atoms with Crippen LogP contribution in [0.15, 0.2) is 0 Å². The van der Waals surface area contributed by atoms with Crippen molar-refractivity contribution in [2.75, 3.05) is 59.3 Å². The van der Waals surface area contributed by atoms with Crippen molar-refractivity contribution in [1.82, 2.24) is 0 Å². The van der Waals surface area contributed by atoms with E-state index < -0.39 is 23.8 Å². The van der Waals surface area contributed by atoms with Gasteiger partial charge in [0.15, 0.2) is 11.6 Å². The first-order valence-electron chi connectivity index (χ1n) is 7.56. The van der Waals surface area contributed by atoms with Gasteiger partial charge < -0.3 is 35.9 Å². The molecule has 9 heteroatoms. The summed E-state index contributed by atoms with van der Waals surface area (Å²) in [5.74, 6) is -1.34. The Bertz CT molecular complexity index is 321. The molecule has 0 fully saturated rings. The Labute approximate surface area is 135 Å². The van der Waals surface area contributed by atoms with Crippen LogP contribution < -0.4 is 11.5 Å². The fourth-order valence-electron chi connectivity index (χ4n) is 1.72. The quantitative estimate of drug-likeness (QED) is 0.178. The molecule has 136 valence electrons. The number of carbonyl (C=O) groups excluding carboxylic acids is 2. The predicted molar refractivity (Wildman–Crippen MR) is 81.8 cm³/mol. The molecule has 9 nitrogen and oxygen atoms in total. The zero-order valence-corrected chi connectivity index (χ0v) is 13.4. The van der Waals surface area contributed by atoms with Crippen LogP contribution in [-0.2, 0) is 23.8 Å². The van der Waals surface area contributed by atoms with Crippen molar-refractivity contribution in [3.05, 3.63) is 0 Å². The first kappa shape index (κ1) is 22.1. The lowest BCUT2D eigenvalue weighted by atomic mass is 9.90. The van der Waals surface area contributed by atoms with Crippen LogP contribution in [0.1, 0.15) is 12.8 Å². The first-order chi connectivity index (χ1) is 11.0. The van der Waals surface area contributed by atoms with Crippen LogP contribution in [0.25, 0.3) is 0 Å². The van der Waals surface area contributed by atoms with E-state index in [9.17, 15) is 14.7 Å². The van der Waals surface area contributed by atoms with Crippen molar-refractivity contribution >= 4 is 11.6 Å². The van der Waals surface area contributed by atoms with Crippen LogP contribution >= 0.6 is 0 Å². The van der Waals surface area contributed by atoms with Crippen molar-refractivity contribution in [2.45, 2.75) is 18.4 Å². The maximum absolute atomic E-state index is 11.9. The molecule has 0 aliphatic heterocycles. The molecule has 0 saturated carbocycles. The molecule has 0 unspecified atom stereocenters. The van der Waals surface area contributed by atoms with Gasteiger partial charge in [0.2, 0.25) is 5.60 Å². The highest BCUT2D eigenvalue weighted by atomic mass is 16.5. The molecule has 0 aromatic carbocycles. The van der Waals surface area contributed by atoms with Crippen LogP contribution in [0.3, 0.4) is 0 Å². The highest BCUT2D eigenvalue weighted by Crippen LogP contribution is 2.13. The highest BCUT2D eigenvalue weighted by Gasteiger charge is 2.42. The third kappa shape index (κ3) is 9.06. The van der Waals surface area contributed by atoms with Crippen molar-refractivity contribution in [3.63, 3.8) is 0 Å². The second-order valence-electron chi connectivity index (χ2n) is 4.78. The van der Waals surface area contributed by atoms with Crippen LogP contribution in [0.5, 0.6) is 0 Å². The first-order valence-corrected chi connectivity index (χ1v) is 7.56. The van der Waals surface area contributed by atoms with Crippen molar-refractivity contribution in [2.24, 2.45) is 11.5 Å². The average Bonchev–Trinajstić information content (AvgIpc) is 2.53. The normalized spacial score (nSPS) is 11.7. The van der Waals surface area contributed by atoms with Crippen molar-refractivity contribution < 1.29 is 34.0 Å². The summed E-state index contributed by atoms with van der Waals surface area (Å²) in [5, 5.41) is 18.8. The Balaban J connectivity index is 4.11. The molecule has 6 N–H and O–H groups in total. The summed E-state index contributed by atoms with van der Waals surface area (Å²) >= 11 is 0. The molecule has 0 atom stereocenters. The molecule has 0 aliphatic rings. The molecule has 0 aromatic heterocycles. The maximum atomic E-state index is 11.9. The number of ketones is 2. The van der Waals surface area contributed by atoms with Gasteiger partial charge in [-0.1, -0.05) is 0 Å². The number of hydrogen-bond acceptors (Lipinski definition) is 9. The SMILES string of the molecule is NCCC(=O)C(O)(COCCOCCOCCO)C(=O)CCN. The van der Waals surface area contributed by atoms with Crippen LogP contribution in [0, 0.1) is 0 Å². The zero-order chi connectivity index (χ0) is 17.6. The van der Waals surface area contributed by atoms with Gasteiger partial charge in [-0.05, 0) is 13.1 Å². The third-order valence-electron chi connectivity index (χ3n) is 2.96. The van der Waals surface area contributed by atoms with Gasteiger partial charge in [-0.15, -0.1) is 0 Å². The van der Waals surface area contributed by atoms with E-state index in [1.54, 1.807) is 0 Å². The van der Waals surface area contributed by atoms with E-state index in [0.717, 1.165) is 0 Å². The Morgan fingerprint density at radius 3 is 1.70 bits per heavy atom. The molecular formula is C14H28N2O7. The number of aliphatic hydroxyl groups excluding tert-OH is 1. The van der Waals surface area contributed by atoms with E-state index in [4.69, 9.17) is 30.8 Å². The van der Waals surface area contributed by atoms with E-state index in [1.165, 1.54) is 0 Å². The Morgan fingerprint density at radius 1 is 0.826 bits per heavy atom. The minimum atomic E-state index is -2.21. The summed E-state index contributed by atoms with van der Waals surface area (Å²) in [5.41, 5.74) is 8.37. The summed E-state index contributed by atoms with van der Waals surface area (Å²) in [6, 6.07) is 0. The number of hydrogen-bond donors (Lipinski definition) is 4. The second kappa shape index (κ2) is 13.5. The van der Waals surface area contributed by atoms with Crippen LogP contribution in [0.2, 0.25) is 0 Å². The molecule has 0 heterocycles. The number of rotatable bonds is 16. The lowest BCUT2D eigenvalue weighted by Crippen LogP contribution is -2.51. The average molecular weight is 336 g/mol. The lowest BCUT2D eigenvalue weighted by molar-refractivity contribution is -0.158. The zero-order valence-electron chi connectivity index (χ0n) is 13.4. The Morgan fingerprint density at radius 2 is 1.26 bits per heavy atom. The van der Waals surface area contributed by atoms with Gasteiger partial charge in [-0.2, -0.15) is 0 Å². The largest absolute Gasteiger partial charge is 0.394 e. The van der Waals surface area contributed by atoms with Gasteiger partial charge in [-0.3, -0.25) is 9.59 Å². The number of nitrogens with two attached hydrogens (primary N) is 2. The monoisotopic (exact) mass is 336 g/mol. The van der Waals surface area contributed by atoms with Gasteiger partial charge in [0.05, 0.1) is 46.2 Å². The number of Topliss-reactive ketones (excluding diaryl/α,β-unsaturated/α-hetero) is 2. The van der Waals surface area contributed by atoms with E-state index in [1.807, 2.05) is 0 Å². The van der Waals surface area contributed by atoms with Gasteiger partial charge in [-0.25, -0.2) is 0 Å². The van der Waals surface area contributed by atoms with Gasteiger partial charge >= 0.3 is 0 Å². The Hall–Kier alpha value is -0.940. The van der Waals surface area contributed by atoms with Gasteiger partial charge in [0, 0.05) is 12.8 Å². The van der Waals surface area contributed by atoms with Crippen molar-refractivity contribution in [1.29, 1.82) is 0 Å². The standard InChI is InChI=1S/C14H28N2O7/c15-3-1-12(18)14(20,13(19)2-4-16)11-23-10-9-22-8-7-21-6-5-17/h17,20H,1-11,15-16H2. The predicted octanol–water partition coefficient (Wildman–Crippen LogP) is -2.40. The maximum Gasteiger partial charge on any atom is 0.204 e. The van der Waals surface area contributed by atoms with Crippen molar-refractivity contribution in [3.8, 4) is 0 Å². The third-order valence-corrected chi connectivity index (χ3v) is 2.96. The van der Waals surface area contributed by atoms with Gasteiger partial charge in [0.25, 0.3) is 0 Å². The number of aliphatic hydroxyl groups is 2. The molecule has 23 heavy (non-hydrogen) atoms. The van der Waals surface area contributed by atoms with Crippen LogP contribution in [-0.4, -0.2) is 86.7 Å². The van der Waals surface area contributed by atoms with E-state index in [2.05, 4.69) is 0 Å². The molecule has 0 amide bonds. The number of carbonyl (C=O) groups is 2. The fourth-order valence-corrected chi connectivity index (χ4v) is 1.72. The number of ether oxygens (including phenoxy) is 3. The molecule has 0 bridgehead atoms. The summed E-state index contributed by atoms with van der Waals surface area (Å²) in [4.78, 5) is 23.8. The van der Waals surface area contributed by atoms with E-state index in [-0.39, 0.29) is 52.4 Å². The van der Waals surface area contributed by atoms with Crippen LogP contribution in [0.4, 0.5) is 0 Å². The molecule has 0 saturated heterocycles. The van der Waals surface area contributed by atoms with E-state index in [0.29, 0.717) is 13.2 Å². The molecular weight excluding hydrogens is 308 g/mol. The topological polar surface area (TPSA) is 154 Å². The smallest absolute Gasteiger partial charge is 0.204 e. The Kier molecular flexibility index (Phi) is 12.9. The molecule has 0 aromatic rings. The molecule has 0 spiro atoms. The minimum Gasteiger partial charge on any atom is -0.394 e.